The monoisotopic (exact) mass is 287 g/mol. The maximum atomic E-state index is 12.2. The molecule has 0 saturated carbocycles. The molecule has 1 aromatic rings. The van der Waals surface area contributed by atoms with Gasteiger partial charge < -0.3 is 16.0 Å². The van der Waals surface area contributed by atoms with Crippen LogP contribution in [-0.2, 0) is 0 Å². The van der Waals surface area contributed by atoms with Crippen LogP contribution >= 0.6 is 12.4 Å². The molecule has 0 aliphatic carbocycles. The van der Waals surface area contributed by atoms with Crippen molar-refractivity contribution in [3.05, 3.63) is 33.7 Å². The van der Waals surface area contributed by atoms with E-state index >= 15 is 0 Å². The molecular weight excluding hydrogens is 266 g/mol. The van der Waals surface area contributed by atoms with Crippen LogP contribution in [0.5, 0.6) is 0 Å². The number of hydrogen-bond acceptors (Lipinski definition) is 3. The number of carbonyl (C=O) groups excluding carboxylic acids is 1. The summed E-state index contributed by atoms with van der Waals surface area (Å²) in [5, 5.41) is 2.97. The molecule has 4 N–H and O–H groups in total. The van der Waals surface area contributed by atoms with Crippen LogP contribution in [0.15, 0.2) is 17.1 Å². The van der Waals surface area contributed by atoms with Crippen LogP contribution in [0.4, 0.5) is 0 Å². The molecule has 0 bridgehead atoms. The van der Waals surface area contributed by atoms with Crippen LogP contribution in [0.2, 0.25) is 0 Å². The average Bonchev–Trinajstić information content (AvgIpc) is 2.36. The molecule has 19 heavy (non-hydrogen) atoms. The molecule has 0 unspecified atom stereocenters. The van der Waals surface area contributed by atoms with Crippen molar-refractivity contribution in [3.63, 3.8) is 0 Å². The number of H-pyrrole nitrogens is 1. The number of carbonyl (C=O) groups is 1. The molecule has 1 heterocycles. The van der Waals surface area contributed by atoms with Crippen molar-refractivity contribution in [1.29, 1.82) is 0 Å². The fraction of sp³-hybridized carbons (Fsp3) is 0.538. The third-order valence-corrected chi connectivity index (χ3v) is 3.50. The van der Waals surface area contributed by atoms with Gasteiger partial charge in [0, 0.05) is 18.8 Å². The number of amides is 1. The molecule has 5 nitrogen and oxygen atoms in total. The van der Waals surface area contributed by atoms with E-state index in [-0.39, 0.29) is 29.4 Å². The third kappa shape index (κ3) is 4.08. The van der Waals surface area contributed by atoms with Gasteiger partial charge in [-0.2, -0.15) is 0 Å². The van der Waals surface area contributed by atoms with Crippen molar-refractivity contribution in [2.75, 3.05) is 6.54 Å². The molecule has 0 saturated heterocycles. The Hall–Kier alpha value is -1.33. The van der Waals surface area contributed by atoms with Gasteiger partial charge in [0.05, 0.1) is 11.1 Å². The van der Waals surface area contributed by atoms with Gasteiger partial charge in [0.15, 0.2) is 0 Å². The van der Waals surface area contributed by atoms with E-state index in [4.69, 9.17) is 5.73 Å². The quantitative estimate of drug-likeness (QED) is 0.764. The standard InChI is InChI=1S/C13H21N3O2.ClH/c1-4-13(5-2,8-14)16-12(18)10-7-15-11(17)6-9(10)3;/h6-7H,4-5,8,14H2,1-3H3,(H,15,17)(H,16,18);1H. The van der Waals surface area contributed by atoms with Crippen LogP contribution in [-0.4, -0.2) is 23.0 Å². The molecule has 1 amide bonds. The highest BCUT2D eigenvalue weighted by atomic mass is 35.5. The van der Waals surface area contributed by atoms with Gasteiger partial charge in [-0.1, -0.05) is 13.8 Å². The van der Waals surface area contributed by atoms with Crippen LogP contribution in [0.1, 0.15) is 42.6 Å². The van der Waals surface area contributed by atoms with Gasteiger partial charge in [0.1, 0.15) is 0 Å². The van der Waals surface area contributed by atoms with Gasteiger partial charge in [0.25, 0.3) is 5.91 Å². The van der Waals surface area contributed by atoms with Crippen LogP contribution < -0.4 is 16.6 Å². The molecule has 0 aliphatic rings. The van der Waals surface area contributed by atoms with E-state index in [2.05, 4.69) is 10.3 Å². The number of pyridine rings is 1. The Labute approximate surface area is 119 Å². The highest BCUT2D eigenvalue weighted by molar-refractivity contribution is 5.95. The van der Waals surface area contributed by atoms with Crippen molar-refractivity contribution >= 4 is 18.3 Å². The van der Waals surface area contributed by atoms with Crippen molar-refractivity contribution < 1.29 is 4.79 Å². The second-order valence-electron chi connectivity index (χ2n) is 4.54. The van der Waals surface area contributed by atoms with E-state index in [1.165, 1.54) is 12.3 Å². The predicted octanol–water partition coefficient (Wildman–Crippen LogP) is 1.35. The summed E-state index contributed by atoms with van der Waals surface area (Å²) in [4.78, 5) is 25.8. The summed E-state index contributed by atoms with van der Waals surface area (Å²) in [7, 11) is 0. The first kappa shape index (κ1) is 17.7. The molecule has 0 spiro atoms. The Morgan fingerprint density at radius 1 is 1.42 bits per heavy atom. The zero-order valence-corrected chi connectivity index (χ0v) is 12.4. The van der Waals surface area contributed by atoms with Crippen molar-refractivity contribution in [1.82, 2.24) is 10.3 Å². The number of aromatic amines is 1. The fourth-order valence-corrected chi connectivity index (χ4v) is 1.89. The average molecular weight is 288 g/mol. The molecule has 1 aromatic heterocycles. The molecule has 0 fully saturated rings. The normalized spacial score (nSPS) is 10.7. The number of nitrogens with one attached hydrogen (secondary N) is 2. The minimum Gasteiger partial charge on any atom is -0.345 e. The van der Waals surface area contributed by atoms with Crippen LogP contribution in [0.3, 0.4) is 0 Å². The molecule has 0 aliphatic heterocycles. The van der Waals surface area contributed by atoms with Gasteiger partial charge in [-0.05, 0) is 25.3 Å². The van der Waals surface area contributed by atoms with E-state index in [1.54, 1.807) is 6.92 Å². The lowest BCUT2D eigenvalue weighted by Crippen LogP contribution is -2.53. The number of nitrogens with two attached hydrogens (primary N) is 1. The summed E-state index contributed by atoms with van der Waals surface area (Å²) < 4.78 is 0. The second-order valence-corrected chi connectivity index (χ2v) is 4.54. The first-order valence-corrected chi connectivity index (χ1v) is 6.20. The lowest BCUT2D eigenvalue weighted by Gasteiger charge is -2.31. The van der Waals surface area contributed by atoms with Crippen molar-refractivity contribution in [3.8, 4) is 0 Å². The Kier molecular flexibility index (Phi) is 6.79. The Morgan fingerprint density at radius 3 is 2.42 bits per heavy atom. The number of hydrogen-bond donors (Lipinski definition) is 3. The lowest BCUT2D eigenvalue weighted by molar-refractivity contribution is 0.0894. The molecule has 1 rings (SSSR count). The molecule has 108 valence electrons. The smallest absolute Gasteiger partial charge is 0.253 e. The molecule has 6 heteroatoms. The van der Waals surface area contributed by atoms with Crippen LogP contribution in [0.25, 0.3) is 0 Å². The number of aromatic nitrogens is 1. The summed E-state index contributed by atoms with van der Waals surface area (Å²) in [6, 6.07) is 1.41. The topological polar surface area (TPSA) is 88.0 Å². The predicted molar refractivity (Wildman–Crippen MR) is 78.9 cm³/mol. The zero-order chi connectivity index (χ0) is 13.8. The van der Waals surface area contributed by atoms with Gasteiger partial charge in [-0.15, -0.1) is 12.4 Å². The third-order valence-electron chi connectivity index (χ3n) is 3.50. The minimum atomic E-state index is -0.375. The number of aryl methyl sites for hydroxylation is 1. The summed E-state index contributed by atoms with van der Waals surface area (Å²) in [6.45, 7) is 6.13. The number of rotatable bonds is 5. The van der Waals surface area contributed by atoms with Crippen LogP contribution in [0, 0.1) is 6.92 Å². The van der Waals surface area contributed by atoms with Gasteiger partial charge in [-0.3, -0.25) is 9.59 Å². The SMILES string of the molecule is CCC(CC)(CN)NC(=O)c1c[nH]c(=O)cc1C.Cl. The molecule has 0 atom stereocenters. The van der Waals surface area contributed by atoms with E-state index < -0.39 is 0 Å². The maximum absolute atomic E-state index is 12.2. The van der Waals surface area contributed by atoms with E-state index in [1.807, 2.05) is 13.8 Å². The van der Waals surface area contributed by atoms with Crippen molar-refractivity contribution in [2.45, 2.75) is 39.2 Å². The summed E-state index contributed by atoms with van der Waals surface area (Å²) >= 11 is 0. The number of halogens is 1. The Morgan fingerprint density at radius 2 is 2.00 bits per heavy atom. The highest BCUT2D eigenvalue weighted by Gasteiger charge is 2.27. The minimum absolute atomic E-state index is 0. The first-order chi connectivity index (χ1) is 8.48. The Bertz CT molecular complexity index is 473. The Balaban J connectivity index is 0.00000324. The zero-order valence-electron chi connectivity index (χ0n) is 11.6. The maximum Gasteiger partial charge on any atom is 0.253 e. The largest absolute Gasteiger partial charge is 0.345 e. The first-order valence-electron chi connectivity index (χ1n) is 6.20. The van der Waals surface area contributed by atoms with E-state index in [0.717, 1.165) is 12.8 Å². The van der Waals surface area contributed by atoms with Crippen molar-refractivity contribution in [2.24, 2.45) is 5.73 Å². The summed E-state index contributed by atoms with van der Waals surface area (Å²) in [5.41, 5.74) is 6.30. The van der Waals surface area contributed by atoms with Gasteiger partial charge in [0.2, 0.25) is 5.56 Å². The fourth-order valence-electron chi connectivity index (χ4n) is 1.89. The molecule has 0 aromatic carbocycles. The van der Waals surface area contributed by atoms with Gasteiger partial charge in [-0.25, -0.2) is 0 Å². The molecule has 0 radical (unpaired) electrons. The molecular formula is C13H22ClN3O2. The highest BCUT2D eigenvalue weighted by Crippen LogP contribution is 2.15. The van der Waals surface area contributed by atoms with E-state index in [0.29, 0.717) is 17.7 Å². The van der Waals surface area contributed by atoms with E-state index in [9.17, 15) is 9.59 Å². The van der Waals surface area contributed by atoms with Gasteiger partial charge >= 0.3 is 0 Å². The lowest BCUT2D eigenvalue weighted by atomic mass is 9.92. The summed E-state index contributed by atoms with van der Waals surface area (Å²) in [5.74, 6) is -0.196. The second kappa shape index (κ2) is 7.31. The summed E-state index contributed by atoms with van der Waals surface area (Å²) in [6.07, 6.45) is 2.99.